The van der Waals surface area contributed by atoms with Gasteiger partial charge >= 0.3 is 21.8 Å². The lowest BCUT2D eigenvalue weighted by molar-refractivity contribution is 0.0305. The second kappa shape index (κ2) is 9.63. The van der Waals surface area contributed by atoms with E-state index in [1.165, 1.54) is 13.8 Å². The molecule has 0 aliphatic carbocycles. The fourth-order valence-corrected chi connectivity index (χ4v) is 5.46. The monoisotopic (exact) mass is 358 g/mol. The molecule has 0 aromatic rings. The van der Waals surface area contributed by atoms with Gasteiger partial charge in [-0.25, -0.2) is 0 Å². The molecule has 0 aromatic heterocycles. The Balaban J connectivity index is 4.77. The molecule has 9 heteroatoms. The Labute approximate surface area is 132 Å². The fraction of sp³-hybridized carbons (Fsp3) is 0.846. The van der Waals surface area contributed by atoms with Gasteiger partial charge in [0.1, 0.15) is 0 Å². The third-order valence-electron chi connectivity index (χ3n) is 2.83. The molecule has 0 rings (SSSR count). The van der Waals surface area contributed by atoms with Crippen molar-refractivity contribution in [3.63, 3.8) is 0 Å². The number of hydrogen-bond acceptors (Lipinski definition) is 5. The zero-order chi connectivity index (χ0) is 17.3. The molecule has 130 valence electrons. The number of terminal acetylenes is 1. The zero-order valence-electron chi connectivity index (χ0n) is 13.6. The van der Waals surface area contributed by atoms with Crippen LogP contribution < -0.4 is 0 Å². The Kier molecular flexibility index (Phi) is 9.44. The van der Waals surface area contributed by atoms with Crippen LogP contribution in [-0.4, -0.2) is 34.0 Å². The summed E-state index contributed by atoms with van der Waals surface area (Å²) in [5.74, 6) is 0. The quantitative estimate of drug-likeness (QED) is 0.295. The van der Waals surface area contributed by atoms with Gasteiger partial charge in [0.25, 0.3) is 0 Å². The Bertz CT molecular complexity index is 406. The summed E-state index contributed by atoms with van der Waals surface area (Å²) in [7, 11) is -7.16. The van der Waals surface area contributed by atoms with E-state index in [1.54, 1.807) is 13.5 Å². The van der Waals surface area contributed by atoms with Crippen molar-refractivity contribution in [2.45, 2.75) is 51.9 Å². The third kappa shape index (κ3) is 6.35. The molecule has 0 heterocycles. The Morgan fingerprint density at radius 2 is 1.73 bits per heavy atom. The van der Waals surface area contributed by atoms with Crippen molar-refractivity contribution in [1.82, 2.24) is 0 Å². The van der Waals surface area contributed by atoms with Crippen LogP contribution in [0.15, 0.2) is 0 Å². The summed E-state index contributed by atoms with van der Waals surface area (Å²) in [6, 6.07) is 0.263. The molecular weight excluding hydrogens is 333 g/mol. The summed E-state index contributed by atoms with van der Waals surface area (Å²) >= 11 is 0. The lowest BCUT2D eigenvalue weighted by atomic mass is 10.3. The predicted molar refractivity (Wildman–Crippen MR) is 83.0 cm³/mol. The zero-order valence-corrected chi connectivity index (χ0v) is 15.5. The minimum absolute atomic E-state index is 0.0432. The molecule has 1 unspecified atom stereocenters. The average molecular weight is 358 g/mol. The highest BCUT2D eigenvalue weighted by Gasteiger charge is 2.53. The molecular formula is C13H25F2O5PSi. The Morgan fingerprint density at radius 3 is 2.14 bits per heavy atom. The molecule has 0 radical (unpaired) electrons. The number of halogens is 2. The smallest absolute Gasteiger partial charge is 0.406 e. The van der Waals surface area contributed by atoms with E-state index in [-0.39, 0.29) is 25.7 Å². The van der Waals surface area contributed by atoms with Gasteiger partial charge in [0, 0.05) is 19.1 Å². The molecule has 0 N–H and O–H groups in total. The molecule has 1 atom stereocenters. The molecule has 0 amide bonds. The third-order valence-corrected chi connectivity index (χ3v) is 7.76. The van der Waals surface area contributed by atoms with E-state index in [1.807, 2.05) is 0 Å². The molecule has 0 fully saturated rings. The average Bonchev–Trinajstić information content (AvgIpc) is 2.39. The standard InChI is InChI=1S/C13H25F2O5PSi/c1-6-17-21(16,18-7-2)13(14,15)11-10-12-22(5,19-8-3)20-9-4/h3H,6-7,9-12H2,1-2,4-5H3. The van der Waals surface area contributed by atoms with Crippen LogP contribution in [0.5, 0.6) is 0 Å². The Hall–Kier alpha value is -0.453. The van der Waals surface area contributed by atoms with Gasteiger partial charge < -0.3 is 17.9 Å². The summed E-state index contributed by atoms with van der Waals surface area (Å²) in [5.41, 5.74) is -3.56. The molecule has 0 spiro atoms. The number of alkyl halides is 2. The van der Waals surface area contributed by atoms with Gasteiger partial charge in [0.2, 0.25) is 0 Å². The van der Waals surface area contributed by atoms with E-state index in [9.17, 15) is 13.3 Å². The van der Waals surface area contributed by atoms with Gasteiger partial charge in [-0.1, -0.05) is 6.42 Å². The van der Waals surface area contributed by atoms with Gasteiger partial charge in [0.15, 0.2) is 0 Å². The van der Waals surface area contributed by atoms with Gasteiger partial charge in [-0.3, -0.25) is 4.57 Å². The lowest BCUT2D eigenvalue weighted by Gasteiger charge is -2.27. The van der Waals surface area contributed by atoms with Crippen LogP contribution in [0.4, 0.5) is 8.78 Å². The summed E-state index contributed by atoms with van der Waals surface area (Å²) in [6.45, 7) is 6.62. The van der Waals surface area contributed by atoms with Crippen LogP contribution in [0.3, 0.4) is 0 Å². The molecule has 0 aliphatic rings. The summed E-state index contributed by atoms with van der Waals surface area (Å²) in [6.07, 6.45) is 6.56. The molecule has 0 saturated carbocycles. The molecule has 0 bridgehead atoms. The van der Waals surface area contributed by atoms with Crippen LogP contribution in [0.2, 0.25) is 12.6 Å². The molecule has 0 aromatic carbocycles. The molecule has 0 aliphatic heterocycles. The second-order valence-electron chi connectivity index (χ2n) is 4.64. The topological polar surface area (TPSA) is 54.0 Å². The van der Waals surface area contributed by atoms with E-state index >= 15 is 0 Å². The van der Waals surface area contributed by atoms with Gasteiger partial charge in [-0.15, -0.1) is 0 Å². The first-order chi connectivity index (χ1) is 10.2. The highest BCUT2D eigenvalue weighted by Crippen LogP contribution is 2.63. The van der Waals surface area contributed by atoms with E-state index in [4.69, 9.17) is 24.3 Å². The second-order valence-corrected chi connectivity index (χ2v) is 10.1. The molecule has 5 nitrogen and oxygen atoms in total. The first-order valence-corrected chi connectivity index (χ1v) is 11.3. The van der Waals surface area contributed by atoms with E-state index in [2.05, 4.69) is 6.11 Å². The largest absolute Gasteiger partial charge is 0.473 e. The maximum atomic E-state index is 14.2. The summed E-state index contributed by atoms with van der Waals surface area (Å²) in [4.78, 5) is 0. The van der Waals surface area contributed by atoms with Crippen LogP contribution in [0.25, 0.3) is 0 Å². The normalized spacial score (nSPS) is 15.1. The molecule has 0 saturated heterocycles. The van der Waals surface area contributed by atoms with Crippen molar-refractivity contribution in [3.05, 3.63) is 0 Å². The first-order valence-electron chi connectivity index (χ1n) is 7.24. The van der Waals surface area contributed by atoms with Crippen molar-refractivity contribution in [2.75, 3.05) is 19.8 Å². The van der Waals surface area contributed by atoms with Gasteiger partial charge in [-0.05, 0) is 33.7 Å². The SMILES string of the molecule is C#CO[Si](C)(CCCC(F)(F)P(=O)(OCC)OCC)OCC. The lowest BCUT2D eigenvalue weighted by Crippen LogP contribution is -2.37. The predicted octanol–water partition coefficient (Wildman–Crippen LogP) is 4.34. The van der Waals surface area contributed by atoms with Crippen molar-refractivity contribution in [2.24, 2.45) is 0 Å². The number of hydrogen-bond donors (Lipinski definition) is 0. The van der Waals surface area contributed by atoms with E-state index in [0.717, 1.165) is 0 Å². The van der Waals surface area contributed by atoms with Crippen LogP contribution in [0.1, 0.15) is 33.6 Å². The van der Waals surface area contributed by atoms with Crippen molar-refractivity contribution < 1.29 is 31.2 Å². The van der Waals surface area contributed by atoms with Crippen molar-refractivity contribution in [3.8, 4) is 12.5 Å². The van der Waals surface area contributed by atoms with Crippen molar-refractivity contribution in [1.29, 1.82) is 0 Å². The van der Waals surface area contributed by atoms with E-state index in [0.29, 0.717) is 6.61 Å². The highest BCUT2D eigenvalue weighted by atomic mass is 31.2. The Morgan fingerprint density at radius 1 is 1.18 bits per heavy atom. The summed E-state index contributed by atoms with van der Waals surface area (Å²) < 4.78 is 60.5. The van der Waals surface area contributed by atoms with Crippen LogP contribution in [-0.2, 0) is 22.5 Å². The maximum absolute atomic E-state index is 14.2. The minimum Gasteiger partial charge on any atom is -0.473 e. The first kappa shape index (κ1) is 21.5. The van der Waals surface area contributed by atoms with Crippen LogP contribution in [0, 0.1) is 12.5 Å². The number of rotatable bonds is 12. The van der Waals surface area contributed by atoms with Crippen LogP contribution >= 0.6 is 7.60 Å². The van der Waals surface area contributed by atoms with Gasteiger partial charge in [-0.2, -0.15) is 8.78 Å². The van der Waals surface area contributed by atoms with Crippen molar-refractivity contribution >= 4 is 16.2 Å². The summed E-state index contributed by atoms with van der Waals surface area (Å²) in [5, 5.41) is 0. The fourth-order valence-electron chi connectivity index (χ4n) is 1.91. The van der Waals surface area contributed by atoms with Gasteiger partial charge in [0.05, 0.1) is 19.3 Å². The minimum atomic E-state index is -4.47. The maximum Gasteiger partial charge on any atom is 0.406 e. The molecule has 22 heavy (non-hydrogen) atoms. The highest BCUT2D eigenvalue weighted by molar-refractivity contribution is 7.55. The van der Waals surface area contributed by atoms with E-state index < -0.39 is 28.2 Å².